The number of nitrogens with one attached hydrogen (secondary N) is 1. The first-order valence-electron chi connectivity index (χ1n) is 7.31. The first-order chi connectivity index (χ1) is 9.45. The van der Waals surface area contributed by atoms with E-state index in [9.17, 15) is 0 Å². The topological polar surface area (TPSA) is 12.0 Å². The summed E-state index contributed by atoms with van der Waals surface area (Å²) in [6, 6.07) is 17.8. The van der Waals surface area contributed by atoms with Gasteiger partial charge in [0, 0.05) is 13.1 Å². The Labute approximate surface area is 124 Å². The van der Waals surface area contributed by atoms with Crippen molar-refractivity contribution in [2.75, 3.05) is 0 Å². The van der Waals surface area contributed by atoms with Crippen LogP contribution >= 0.6 is 0 Å². The normalized spacial score (nSPS) is 11.6. The fourth-order valence-corrected chi connectivity index (χ4v) is 3.35. The highest BCUT2D eigenvalue weighted by Gasteiger charge is 2.15. The minimum Gasteiger partial charge on any atom is -0.309 e. The van der Waals surface area contributed by atoms with E-state index in [4.69, 9.17) is 0 Å². The van der Waals surface area contributed by atoms with Crippen LogP contribution in [0, 0.1) is 6.92 Å². The van der Waals surface area contributed by atoms with E-state index in [1.54, 1.807) is 0 Å². The molecule has 0 aromatic heterocycles. The zero-order valence-corrected chi connectivity index (χ0v) is 14.0. The van der Waals surface area contributed by atoms with Gasteiger partial charge in [-0.3, -0.25) is 0 Å². The van der Waals surface area contributed by atoms with Crippen molar-refractivity contribution in [3.63, 3.8) is 0 Å². The Hall–Kier alpha value is -1.38. The first-order valence-corrected chi connectivity index (χ1v) is 10.8. The quantitative estimate of drug-likeness (QED) is 0.822. The highest BCUT2D eigenvalue weighted by Crippen LogP contribution is 2.06. The molecular formula is C18H25NSi. The predicted molar refractivity (Wildman–Crippen MR) is 91.1 cm³/mol. The molecule has 0 fully saturated rings. The van der Waals surface area contributed by atoms with Crippen molar-refractivity contribution in [2.45, 2.75) is 39.7 Å². The molecule has 1 nitrogen and oxygen atoms in total. The number of hydrogen-bond acceptors (Lipinski definition) is 1. The minimum atomic E-state index is -1.17. The summed E-state index contributed by atoms with van der Waals surface area (Å²) in [5.74, 6) is 0. The van der Waals surface area contributed by atoms with Crippen molar-refractivity contribution < 1.29 is 0 Å². The van der Waals surface area contributed by atoms with Crippen LogP contribution in [-0.4, -0.2) is 8.07 Å². The van der Waals surface area contributed by atoms with E-state index in [-0.39, 0.29) is 0 Å². The van der Waals surface area contributed by atoms with Gasteiger partial charge in [0.1, 0.15) is 0 Å². The van der Waals surface area contributed by atoms with Crippen LogP contribution in [0.15, 0.2) is 48.5 Å². The Kier molecular flexibility index (Phi) is 4.79. The van der Waals surface area contributed by atoms with Gasteiger partial charge in [-0.1, -0.05) is 78.9 Å². The van der Waals surface area contributed by atoms with E-state index in [1.165, 1.54) is 21.9 Å². The van der Waals surface area contributed by atoms with Crippen LogP contribution in [0.1, 0.15) is 16.7 Å². The monoisotopic (exact) mass is 283 g/mol. The molecule has 2 rings (SSSR count). The fraction of sp³-hybridized carbons (Fsp3) is 0.333. The zero-order valence-electron chi connectivity index (χ0n) is 13.0. The molecule has 2 aromatic rings. The Morgan fingerprint density at radius 2 is 1.20 bits per heavy atom. The highest BCUT2D eigenvalue weighted by molar-refractivity contribution is 6.88. The molecule has 2 heteroatoms. The summed E-state index contributed by atoms with van der Waals surface area (Å²) in [5.41, 5.74) is 4.02. The van der Waals surface area contributed by atoms with Gasteiger partial charge in [0.25, 0.3) is 0 Å². The van der Waals surface area contributed by atoms with Gasteiger partial charge in [-0.05, 0) is 18.1 Å². The van der Waals surface area contributed by atoms with Crippen LogP contribution in [0.3, 0.4) is 0 Å². The molecule has 0 aliphatic carbocycles. The van der Waals surface area contributed by atoms with Crippen molar-refractivity contribution in [1.29, 1.82) is 0 Å². The molecule has 0 saturated heterocycles. The molecule has 0 saturated carbocycles. The molecule has 0 amide bonds. The summed E-state index contributed by atoms with van der Waals surface area (Å²) in [7, 11) is -1.17. The molecule has 2 aromatic carbocycles. The molecule has 0 aliphatic heterocycles. The number of rotatable bonds is 5. The van der Waals surface area contributed by atoms with Gasteiger partial charge in [-0.2, -0.15) is 0 Å². The van der Waals surface area contributed by atoms with Gasteiger partial charge >= 0.3 is 0 Å². The molecule has 106 valence electrons. The third-order valence-corrected chi connectivity index (χ3v) is 5.66. The molecule has 0 atom stereocenters. The van der Waals surface area contributed by atoms with Crippen LogP contribution in [0.25, 0.3) is 0 Å². The lowest BCUT2D eigenvalue weighted by Gasteiger charge is -2.16. The maximum absolute atomic E-state index is 3.51. The maximum atomic E-state index is 3.51. The van der Waals surface area contributed by atoms with Gasteiger partial charge in [0.05, 0.1) is 8.07 Å². The lowest BCUT2D eigenvalue weighted by atomic mass is 10.1. The van der Waals surface area contributed by atoms with E-state index in [0.29, 0.717) is 0 Å². The number of aryl methyl sites for hydroxylation is 1. The van der Waals surface area contributed by atoms with Gasteiger partial charge in [-0.15, -0.1) is 0 Å². The molecular weight excluding hydrogens is 258 g/mol. The summed E-state index contributed by atoms with van der Waals surface area (Å²) in [6.07, 6.45) is 0. The van der Waals surface area contributed by atoms with Crippen LogP contribution in [-0.2, 0) is 13.1 Å². The third kappa shape index (κ3) is 4.32. The molecule has 0 bridgehead atoms. The van der Waals surface area contributed by atoms with E-state index >= 15 is 0 Å². The standard InChI is InChI=1S/C18H25NSi/c1-15-5-7-16(8-6-15)13-19-14-17-9-11-18(12-10-17)20(2,3)4/h5-12,19H,13-14H2,1-4H3. The lowest BCUT2D eigenvalue weighted by molar-refractivity contribution is 0.693. The van der Waals surface area contributed by atoms with Crippen molar-refractivity contribution >= 4 is 13.3 Å². The smallest absolute Gasteiger partial charge is 0.0775 e. The average molecular weight is 283 g/mol. The SMILES string of the molecule is Cc1ccc(CNCc2ccc([Si](C)(C)C)cc2)cc1. The highest BCUT2D eigenvalue weighted by atomic mass is 28.3. The Morgan fingerprint density at radius 3 is 1.65 bits per heavy atom. The van der Waals surface area contributed by atoms with Crippen molar-refractivity contribution in [1.82, 2.24) is 5.32 Å². The molecule has 0 aliphatic rings. The summed E-state index contributed by atoms with van der Waals surface area (Å²) in [4.78, 5) is 0. The van der Waals surface area contributed by atoms with Crippen LogP contribution in [0.5, 0.6) is 0 Å². The van der Waals surface area contributed by atoms with Crippen LogP contribution in [0.2, 0.25) is 19.6 Å². The van der Waals surface area contributed by atoms with E-state index in [1.807, 2.05) is 0 Å². The second kappa shape index (κ2) is 6.38. The molecule has 20 heavy (non-hydrogen) atoms. The molecule has 0 radical (unpaired) electrons. The molecule has 0 heterocycles. The Balaban J connectivity index is 1.87. The molecule has 1 N–H and O–H groups in total. The van der Waals surface area contributed by atoms with Gasteiger partial charge in [0.15, 0.2) is 0 Å². The van der Waals surface area contributed by atoms with Crippen molar-refractivity contribution in [3.05, 3.63) is 65.2 Å². The van der Waals surface area contributed by atoms with Crippen LogP contribution in [0.4, 0.5) is 0 Å². The van der Waals surface area contributed by atoms with E-state index in [2.05, 4.69) is 80.4 Å². The second-order valence-corrected chi connectivity index (χ2v) is 11.6. The van der Waals surface area contributed by atoms with Crippen LogP contribution < -0.4 is 10.5 Å². The average Bonchev–Trinajstić information content (AvgIpc) is 2.41. The largest absolute Gasteiger partial charge is 0.309 e. The van der Waals surface area contributed by atoms with Crippen molar-refractivity contribution in [3.8, 4) is 0 Å². The van der Waals surface area contributed by atoms with Gasteiger partial charge < -0.3 is 5.32 Å². The third-order valence-electron chi connectivity index (χ3n) is 3.60. The molecule has 0 unspecified atom stereocenters. The second-order valence-electron chi connectivity index (χ2n) is 6.54. The Morgan fingerprint density at radius 1 is 0.750 bits per heavy atom. The molecule has 0 spiro atoms. The summed E-state index contributed by atoms with van der Waals surface area (Å²) in [6.45, 7) is 11.1. The van der Waals surface area contributed by atoms with E-state index < -0.39 is 8.07 Å². The number of hydrogen-bond donors (Lipinski definition) is 1. The number of benzene rings is 2. The minimum absolute atomic E-state index is 0.927. The van der Waals surface area contributed by atoms with Crippen molar-refractivity contribution in [2.24, 2.45) is 0 Å². The fourth-order valence-electron chi connectivity index (χ4n) is 2.18. The van der Waals surface area contributed by atoms with E-state index in [0.717, 1.165) is 13.1 Å². The zero-order chi connectivity index (χ0) is 14.6. The first kappa shape index (κ1) is 15.0. The summed E-state index contributed by atoms with van der Waals surface area (Å²) >= 11 is 0. The van der Waals surface area contributed by atoms with Gasteiger partial charge in [-0.25, -0.2) is 0 Å². The maximum Gasteiger partial charge on any atom is 0.0775 e. The summed E-state index contributed by atoms with van der Waals surface area (Å²) in [5, 5.41) is 5.03. The summed E-state index contributed by atoms with van der Waals surface area (Å²) < 4.78 is 0. The predicted octanol–water partition coefficient (Wildman–Crippen LogP) is 3.83. The lowest BCUT2D eigenvalue weighted by Crippen LogP contribution is -2.37. The van der Waals surface area contributed by atoms with Gasteiger partial charge in [0.2, 0.25) is 0 Å². The Bertz CT molecular complexity index is 535.